The smallest absolute Gasteiger partial charge is 0.335 e. The third-order valence-electron chi connectivity index (χ3n) is 1.89. The van der Waals surface area contributed by atoms with Crippen molar-refractivity contribution >= 4 is 5.97 Å². The summed E-state index contributed by atoms with van der Waals surface area (Å²) in [5, 5.41) is 8.70. The number of carbonyl (C=O) groups is 1. The summed E-state index contributed by atoms with van der Waals surface area (Å²) in [5.74, 6) is 1.53. The highest BCUT2D eigenvalue weighted by molar-refractivity contribution is 5.88. The monoisotopic (exact) mass is 174 g/mol. The van der Waals surface area contributed by atoms with Crippen molar-refractivity contribution in [3.63, 3.8) is 0 Å². The molecular weight excluding hydrogens is 164 g/mol. The van der Waals surface area contributed by atoms with Gasteiger partial charge in [0.25, 0.3) is 0 Å². The molecule has 2 heteroatoms. The third-order valence-corrected chi connectivity index (χ3v) is 1.89. The van der Waals surface area contributed by atoms with E-state index in [1.165, 1.54) is 6.07 Å². The van der Waals surface area contributed by atoms with E-state index in [9.17, 15) is 4.79 Å². The number of aryl methyl sites for hydroxylation is 1. The van der Waals surface area contributed by atoms with E-state index in [4.69, 9.17) is 11.5 Å². The standard InChI is InChI=1S/C11H10O2/c1-3-8-5-6-10(11(12)13)7-9(8)4-2/h2,5-7H,3H2,1H3,(H,12,13). The number of benzene rings is 1. The van der Waals surface area contributed by atoms with Crippen molar-refractivity contribution in [2.45, 2.75) is 13.3 Å². The maximum absolute atomic E-state index is 10.6. The number of carboxylic acid groups (broad SMARTS) is 1. The summed E-state index contributed by atoms with van der Waals surface area (Å²) in [6.45, 7) is 1.98. The van der Waals surface area contributed by atoms with Crippen LogP contribution in [0.4, 0.5) is 0 Å². The second-order valence-corrected chi connectivity index (χ2v) is 2.67. The maximum atomic E-state index is 10.6. The van der Waals surface area contributed by atoms with Gasteiger partial charge in [-0.15, -0.1) is 6.42 Å². The lowest BCUT2D eigenvalue weighted by atomic mass is 10.0. The Morgan fingerprint density at radius 3 is 2.77 bits per heavy atom. The van der Waals surface area contributed by atoms with E-state index in [0.29, 0.717) is 5.56 Å². The van der Waals surface area contributed by atoms with Crippen molar-refractivity contribution in [3.05, 3.63) is 34.9 Å². The Labute approximate surface area is 77.2 Å². The number of carboxylic acids is 1. The lowest BCUT2D eigenvalue weighted by Gasteiger charge is -2.02. The molecule has 0 fully saturated rings. The highest BCUT2D eigenvalue weighted by atomic mass is 16.4. The van der Waals surface area contributed by atoms with E-state index in [1.54, 1.807) is 12.1 Å². The van der Waals surface area contributed by atoms with Crippen molar-refractivity contribution in [2.75, 3.05) is 0 Å². The molecule has 0 radical (unpaired) electrons. The van der Waals surface area contributed by atoms with Gasteiger partial charge in [-0.25, -0.2) is 4.79 Å². The average molecular weight is 174 g/mol. The summed E-state index contributed by atoms with van der Waals surface area (Å²) in [6.07, 6.45) is 6.07. The fourth-order valence-electron chi connectivity index (χ4n) is 1.15. The molecule has 1 aromatic carbocycles. The summed E-state index contributed by atoms with van der Waals surface area (Å²) in [7, 11) is 0. The van der Waals surface area contributed by atoms with Gasteiger partial charge >= 0.3 is 5.97 Å². The largest absolute Gasteiger partial charge is 0.478 e. The topological polar surface area (TPSA) is 37.3 Å². The van der Waals surface area contributed by atoms with E-state index in [1.807, 2.05) is 6.92 Å². The molecule has 0 aliphatic heterocycles. The van der Waals surface area contributed by atoms with Gasteiger partial charge in [-0.2, -0.15) is 0 Å². The van der Waals surface area contributed by atoms with Crippen molar-refractivity contribution in [3.8, 4) is 12.3 Å². The Balaban J connectivity index is 3.23. The molecule has 0 aromatic heterocycles. The van der Waals surface area contributed by atoms with E-state index >= 15 is 0 Å². The van der Waals surface area contributed by atoms with E-state index in [0.717, 1.165) is 12.0 Å². The first-order valence-corrected chi connectivity index (χ1v) is 4.02. The van der Waals surface area contributed by atoms with Crippen LogP contribution in [0.3, 0.4) is 0 Å². The number of terminal acetylenes is 1. The summed E-state index contributed by atoms with van der Waals surface area (Å²) < 4.78 is 0. The Kier molecular flexibility index (Phi) is 2.71. The molecule has 0 aliphatic carbocycles. The number of hydrogen-bond donors (Lipinski definition) is 1. The molecule has 1 N–H and O–H groups in total. The molecule has 1 aromatic rings. The zero-order valence-electron chi connectivity index (χ0n) is 7.37. The lowest BCUT2D eigenvalue weighted by molar-refractivity contribution is 0.0697. The Morgan fingerprint density at radius 1 is 1.62 bits per heavy atom. The molecular formula is C11H10O2. The van der Waals surface area contributed by atoms with E-state index in [-0.39, 0.29) is 5.56 Å². The Morgan fingerprint density at radius 2 is 2.31 bits per heavy atom. The van der Waals surface area contributed by atoms with Crippen LogP contribution in [-0.4, -0.2) is 11.1 Å². The zero-order valence-corrected chi connectivity index (χ0v) is 7.37. The molecule has 2 nitrogen and oxygen atoms in total. The van der Waals surface area contributed by atoms with Gasteiger partial charge in [-0.05, 0) is 24.1 Å². The molecule has 13 heavy (non-hydrogen) atoms. The first-order valence-electron chi connectivity index (χ1n) is 4.02. The van der Waals surface area contributed by atoms with Crippen molar-refractivity contribution in [2.24, 2.45) is 0 Å². The van der Waals surface area contributed by atoms with Crippen LogP contribution in [0.15, 0.2) is 18.2 Å². The minimum absolute atomic E-state index is 0.241. The van der Waals surface area contributed by atoms with Gasteiger partial charge in [-0.1, -0.05) is 18.9 Å². The molecule has 0 saturated heterocycles. The first-order chi connectivity index (χ1) is 6.19. The van der Waals surface area contributed by atoms with Crippen LogP contribution in [-0.2, 0) is 6.42 Å². The van der Waals surface area contributed by atoms with Crippen LogP contribution in [0.5, 0.6) is 0 Å². The quantitative estimate of drug-likeness (QED) is 0.695. The molecule has 0 heterocycles. The summed E-state index contributed by atoms with van der Waals surface area (Å²) in [5.41, 5.74) is 1.92. The minimum atomic E-state index is -0.945. The maximum Gasteiger partial charge on any atom is 0.335 e. The minimum Gasteiger partial charge on any atom is -0.478 e. The SMILES string of the molecule is C#Cc1cc(C(=O)O)ccc1CC. The molecule has 0 bridgehead atoms. The molecule has 0 unspecified atom stereocenters. The molecule has 0 aliphatic rings. The fraction of sp³-hybridized carbons (Fsp3) is 0.182. The Bertz CT molecular complexity index is 372. The molecule has 0 spiro atoms. The summed E-state index contributed by atoms with van der Waals surface area (Å²) >= 11 is 0. The summed E-state index contributed by atoms with van der Waals surface area (Å²) in [4.78, 5) is 10.6. The van der Waals surface area contributed by atoms with E-state index < -0.39 is 5.97 Å². The van der Waals surface area contributed by atoms with Gasteiger partial charge in [-0.3, -0.25) is 0 Å². The number of aromatic carboxylic acids is 1. The Hall–Kier alpha value is -1.75. The normalized spacial score (nSPS) is 9.23. The average Bonchev–Trinajstić information content (AvgIpc) is 2.16. The van der Waals surface area contributed by atoms with Crippen LogP contribution < -0.4 is 0 Å². The van der Waals surface area contributed by atoms with Crippen molar-refractivity contribution < 1.29 is 9.90 Å². The van der Waals surface area contributed by atoms with Gasteiger partial charge in [0.05, 0.1) is 5.56 Å². The molecule has 66 valence electrons. The fourth-order valence-corrected chi connectivity index (χ4v) is 1.15. The highest BCUT2D eigenvalue weighted by Crippen LogP contribution is 2.11. The van der Waals surface area contributed by atoms with Crippen molar-refractivity contribution in [1.82, 2.24) is 0 Å². The van der Waals surface area contributed by atoms with Gasteiger partial charge in [0, 0.05) is 5.56 Å². The molecule has 0 amide bonds. The summed E-state index contributed by atoms with van der Waals surface area (Å²) in [6, 6.07) is 4.86. The van der Waals surface area contributed by atoms with Crippen LogP contribution in [0.1, 0.15) is 28.4 Å². The number of hydrogen-bond acceptors (Lipinski definition) is 1. The molecule has 0 atom stereocenters. The number of rotatable bonds is 2. The molecule has 1 rings (SSSR count). The van der Waals surface area contributed by atoms with Gasteiger partial charge in [0.15, 0.2) is 0 Å². The van der Waals surface area contributed by atoms with Gasteiger partial charge in [0.2, 0.25) is 0 Å². The lowest BCUT2D eigenvalue weighted by Crippen LogP contribution is -1.98. The van der Waals surface area contributed by atoms with Gasteiger partial charge < -0.3 is 5.11 Å². The second kappa shape index (κ2) is 3.77. The van der Waals surface area contributed by atoms with Crippen LogP contribution >= 0.6 is 0 Å². The predicted molar refractivity (Wildman–Crippen MR) is 50.7 cm³/mol. The van der Waals surface area contributed by atoms with E-state index in [2.05, 4.69) is 5.92 Å². The molecule has 0 saturated carbocycles. The van der Waals surface area contributed by atoms with Crippen LogP contribution in [0.2, 0.25) is 0 Å². The zero-order chi connectivity index (χ0) is 9.84. The first kappa shape index (κ1) is 9.34. The third kappa shape index (κ3) is 1.88. The van der Waals surface area contributed by atoms with Gasteiger partial charge in [0.1, 0.15) is 0 Å². The highest BCUT2D eigenvalue weighted by Gasteiger charge is 2.05. The van der Waals surface area contributed by atoms with Crippen molar-refractivity contribution in [1.29, 1.82) is 0 Å². The predicted octanol–water partition coefficient (Wildman–Crippen LogP) is 1.93. The van der Waals surface area contributed by atoms with Crippen LogP contribution in [0.25, 0.3) is 0 Å². The second-order valence-electron chi connectivity index (χ2n) is 2.67. The van der Waals surface area contributed by atoms with Crippen LogP contribution in [0, 0.1) is 12.3 Å².